The van der Waals surface area contributed by atoms with E-state index in [2.05, 4.69) is 23.0 Å². The van der Waals surface area contributed by atoms with Gasteiger partial charge in [0.25, 0.3) is 10.0 Å². The monoisotopic (exact) mass is 443 g/mol. The minimum absolute atomic E-state index is 0.101. The van der Waals surface area contributed by atoms with Gasteiger partial charge in [0.15, 0.2) is 0 Å². The lowest BCUT2D eigenvalue weighted by molar-refractivity contribution is 0.590. The Kier molecular flexibility index (Phi) is 5.10. The van der Waals surface area contributed by atoms with Gasteiger partial charge in [0.2, 0.25) is 0 Å². The lowest BCUT2D eigenvalue weighted by atomic mass is 9.91. The molecular weight excluding hydrogens is 418 g/mol. The minimum Gasteiger partial charge on any atom is -0.351 e. The van der Waals surface area contributed by atoms with Crippen LogP contribution >= 0.6 is 0 Å². The van der Waals surface area contributed by atoms with Gasteiger partial charge in [0, 0.05) is 22.9 Å². The van der Waals surface area contributed by atoms with Gasteiger partial charge in [0.05, 0.1) is 28.0 Å². The van der Waals surface area contributed by atoms with Crippen LogP contribution in [0.3, 0.4) is 0 Å². The van der Waals surface area contributed by atoms with Crippen LogP contribution in [-0.2, 0) is 10.0 Å². The quantitative estimate of drug-likeness (QED) is 0.350. The highest BCUT2D eigenvalue weighted by Gasteiger charge is 2.24. The summed E-state index contributed by atoms with van der Waals surface area (Å²) >= 11 is 0. The Balaban J connectivity index is 1.79. The number of fused-ring (bicyclic) bond motifs is 3. The van der Waals surface area contributed by atoms with E-state index in [1.807, 2.05) is 61.7 Å². The molecule has 0 radical (unpaired) electrons. The highest BCUT2D eigenvalue weighted by atomic mass is 32.2. The van der Waals surface area contributed by atoms with Crippen molar-refractivity contribution in [1.82, 2.24) is 13.9 Å². The predicted octanol–water partition coefficient (Wildman–Crippen LogP) is 6.00. The van der Waals surface area contributed by atoms with Crippen LogP contribution in [-0.4, -0.2) is 22.4 Å². The maximum absolute atomic E-state index is 13.8. The smallest absolute Gasteiger partial charge is 0.268 e. The number of benzene rings is 3. The van der Waals surface area contributed by atoms with Gasteiger partial charge in [-0.3, -0.25) is 0 Å². The summed E-state index contributed by atoms with van der Waals surface area (Å²) in [5.74, 6) is 0.101. The van der Waals surface area contributed by atoms with Gasteiger partial charge in [0.1, 0.15) is 0 Å². The Morgan fingerprint density at radius 2 is 1.72 bits per heavy atom. The van der Waals surface area contributed by atoms with Crippen LogP contribution in [0.25, 0.3) is 21.8 Å². The van der Waals surface area contributed by atoms with Gasteiger partial charge in [-0.2, -0.15) is 0 Å². The highest BCUT2D eigenvalue weighted by Crippen LogP contribution is 2.36. The Hall–Kier alpha value is -3.38. The molecule has 0 saturated heterocycles. The van der Waals surface area contributed by atoms with Crippen molar-refractivity contribution in [1.29, 1.82) is 0 Å². The van der Waals surface area contributed by atoms with Crippen molar-refractivity contribution in [2.75, 3.05) is 0 Å². The Bertz CT molecular complexity index is 1500. The van der Waals surface area contributed by atoms with E-state index in [0.29, 0.717) is 11.0 Å². The zero-order valence-corrected chi connectivity index (χ0v) is 18.9. The van der Waals surface area contributed by atoms with E-state index in [0.717, 1.165) is 40.4 Å². The molecule has 0 aliphatic heterocycles. The Morgan fingerprint density at radius 1 is 0.969 bits per heavy atom. The maximum Gasteiger partial charge on any atom is 0.268 e. The van der Waals surface area contributed by atoms with Crippen LogP contribution in [0.5, 0.6) is 0 Å². The first kappa shape index (κ1) is 20.5. The predicted molar refractivity (Wildman–Crippen MR) is 129 cm³/mol. The molecule has 0 aliphatic carbocycles. The molecule has 0 amide bonds. The molecule has 1 atom stereocenters. The number of para-hydroxylation sites is 1. The molecule has 2 aromatic heterocycles. The summed E-state index contributed by atoms with van der Waals surface area (Å²) in [5, 5.41) is 1.86. The summed E-state index contributed by atoms with van der Waals surface area (Å²) in [4.78, 5) is 7.81. The van der Waals surface area contributed by atoms with Crippen molar-refractivity contribution in [2.24, 2.45) is 0 Å². The van der Waals surface area contributed by atoms with E-state index in [9.17, 15) is 8.42 Å². The lowest BCUT2D eigenvalue weighted by Crippen LogP contribution is -2.13. The number of hydrogen-bond donors (Lipinski definition) is 1. The number of nitrogens with one attached hydrogen (secondary N) is 1. The van der Waals surface area contributed by atoms with Crippen molar-refractivity contribution in [3.63, 3.8) is 0 Å². The second-order valence-corrected chi connectivity index (χ2v) is 10.00. The van der Waals surface area contributed by atoms with Gasteiger partial charge in [-0.15, -0.1) is 0 Å². The van der Waals surface area contributed by atoms with Crippen molar-refractivity contribution in [3.05, 3.63) is 96.1 Å². The number of hydrogen-bond acceptors (Lipinski definition) is 3. The molecule has 32 heavy (non-hydrogen) atoms. The molecule has 1 N–H and O–H groups in total. The first-order chi connectivity index (χ1) is 15.5. The third-order valence-electron chi connectivity index (χ3n) is 6.07. The number of nitrogens with zero attached hydrogens (tertiary/aromatic N) is 2. The molecule has 1 unspecified atom stereocenters. The summed E-state index contributed by atoms with van der Waals surface area (Å²) < 4.78 is 29.1. The van der Waals surface area contributed by atoms with Crippen LogP contribution in [0, 0.1) is 6.92 Å². The SMILES string of the molecule is CCCC(c1ccc2c3ccccc3n(S(=O)(=O)c3ccc(C)cc3)c2c1)c1c[nH]cn1. The van der Waals surface area contributed by atoms with Crippen molar-refractivity contribution in [2.45, 2.75) is 37.5 Å². The fraction of sp³-hybridized carbons (Fsp3) is 0.192. The van der Waals surface area contributed by atoms with Crippen molar-refractivity contribution < 1.29 is 8.42 Å². The molecule has 5 rings (SSSR count). The third-order valence-corrected chi connectivity index (χ3v) is 7.81. The van der Waals surface area contributed by atoms with E-state index in [4.69, 9.17) is 0 Å². The van der Waals surface area contributed by atoms with Gasteiger partial charge in [-0.1, -0.05) is 61.4 Å². The van der Waals surface area contributed by atoms with E-state index < -0.39 is 10.0 Å². The number of imidazole rings is 1. The molecule has 2 heterocycles. The fourth-order valence-electron chi connectivity index (χ4n) is 4.48. The molecule has 0 fully saturated rings. The lowest BCUT2D eigenvalue weighted by Gasteiger charge is -2.16. The molecule has 0 saturated carbocycles. The summed E-state index contributed by atoms with van der Waals surface area (Å²) in [6, 6.07) is 20.9. The number of aromatic amines is 1. The molecule has 5 aromatic rings. The van der Waals surface area contributed by atoms with Crippen molar-refractivity contribution >= 4 is 31.8 Å². The second-order valence-electron chi connectivity index (χ2n) is 8.21. The van der Waals surface area contributed by atoms with Gasteiger partial charge >= 0.3 is 0 Å². The first-order valence-electron chi connectivity index (χ1n) is 10.8. The van der Waals surface area contributed by atoms with Crippen LogP contribution in [0.2, 0.25) is 0 Å². The summed E-state index contributed by atoms with van der Waals surface area (Å²) in [5.41, 5.74) is 4.44. The zero-order chi connectivity index (χ0) is 22.3. The minimum atomic E-state index is -3.78. The molecule has 0 spiro atoms. The summed E-state index contributed by atoms with van der Waals surface area (Å²) in [6.45, 7) is 4.10. The Labute approximate surface area is 187 Å². The number of aryl methyl sites for hydroxylation is 1. The third kappa shape index (κ3) is 3.31. The van der Waals surface area contributed by atoms with Crippen molar-refractivity contribution in [3.8, 4) is 0 Å². The molecule has 162 valence electrons. The van der Waals surface area contributed by atoms with Crippen LogP contribution in [0.1, 0.15) is 42.5 Å². The average molecular weight is 444 g/mol. The average Bonchev–Trinajstić information content (AvgIpc) is 3.44. The number of rotatable bonds is 6. The molecule has 6 heteroatoms. The maximum atomic E-state index is 13.8. The first-order valence-corrected chi connectivity index (χ1v) is 12.3. The summed E-state index contributed by atoms with van der Waals surface area (Å²) in [6.07, 6.45) is 5.54. The largest absolute Gasteiger partial charge is 0.351 e. The van der Waals surface area contributed by atoms with Crippen LogP contribution < -0.4 is 0 Å². The summed E-state index contributed by atoms with van der Waals surface area (Å²) in [7, 11) is -3.78. The highest BCUT2D eigenvalue weighted by molar-refractivity contribution is 7.90. The zero-order valence-electron chi connectivity index (χ0n) is 18.1. The van der Waals surface area contributed by atoms with Gasteiger partial charge < -0.3 is 4.98 Å². The number of H-pyrrole nitrogens is 1. The second kappa shape index (κ2) is 7.95. The van der Waals surface area contributed by atoms with E-state index in [1.54, 1.807) is 18.5 Å². The standard InChI is InChI=1S/C26H25N3O2S/c1-3-6-21(24-16-27-17-28-24)19-11-14-23-22-7-4-5-8-25(22)29(26(23)15-19)32(30,31)20-12-9-18(2)10-13-20/h4-5,7-17,21H,3,6H2,1-2H3,(H,27,28). The van der Waals surface area contributed by atoms with Crippen LogP contribution in [0.15, 0.2) is 84.1 Å². The normalized spacial score (nSPS) is 13.1. The number of aromatic nitrogens is 3. The Morgan fingerprint density at radius 3 is 2.44 bits per heavy atom. The van der Waals surface area contributed by atoms with E-state index >= 15 is 0 Å². The molecule has 0 bridgehead atoms. The molecule has 0 aliphatic rings. The van der Waals surface area contributed by atoms with Gasteiger partial charge in [-0.05, 0) is 43.2 Å². The van der Waals surface area contributed by atoms with Gasteiger partial charge in [-0.25, -0.2) is 17.4 Å². The molecule has 3 aromatic carbocycles. The fourth-order valence-corrected chi connectivity index (χ4v) is 6.00. The van der Waals surface area contributed by atoms with E-state index in [1.165, 1.54) is 3.97 Å². The molecular formula is C26H25N3O2S. The van der Waals surface area contributed by atoms with E-state index in [-0.39, 0.29) is 10.8 Å². The molecule has 5 nitrogen and oxygen atoms in total. The topological polar surface area (TPSA) is 67.8 Å². The van der Waals surface area contributed by atoms with Crippen LogP contribution in [0.4, 0.5) is 0 Å².